The molecule has 0 aromatic rings. The number of unbranched alkanes of at least 4 members (excludes halogenated alkanes) is 1. The van der Waals surface area contributed by atoms with Crippen LogP contribution in [0.1, 0.15) is 52.9 Å². The van der Waals surface area contributed by atoms with Gasteiger partial charge in [0.05, 0.1) is 12.1 Å². The lowest BCUT2D eigenvalue weighted by Crippen LogP contribution is -2.29. The van der Waals surface area contributed by atoms with Crippen molar-refractivity contribution < 1.29 is 14.9 Å². The Morgan fingerprint density at radius 3 is 2.38 bits per heavy atom. The predicted octanol–water partition coefficient (Wildman–Crippen LogP) is 3.09. The Labute approximate surface area is 142 Å². The minimum absolute atomic E-state index is 0.0352. The zero-order chi connectivity index (χ0) is 18.6. The Kier molecular flexibility index (Phi) is 9.29. The van der Waals surface area contributed by atoms with Crippen LogP contribution in [0.5, 0.6) is 0 Å². The molecule has 0 rings (SSSR count). The van der Waals surface area contributed by atoms with E-state index in [0.29, 0.717) is 6.54 Å². The van der Waals surface area contributed by atoms with E-state index in [1.807, 2.05) is 19.1 Å². The molecule has 0 aliphatic carbocycles. The van der Waals surface area contributed by atoms with Crippen LogP contribution in [-0.4, -0.2) is 28.8 Å². The quantitative estimate of drug-likeness (QED) is 0.197. The highest BCUT2D eigenvalue weighted by Crippen LogP contribution is 2.24. The van der Waals surface area contributed by atoms with Gasteiger partial charge in [-0.25, -0.2) is 5.26 Å². The Balaban J connectivity index is 4.80. The molecule has 2 N–H and O–H groups in total. The van der Waals surface area contributed by atoms with Crippen molar-refractivity contribution in [1.82, 2.24) is 5.32 Å². The van der Waals surface area contributed by atoms with Gasteiger partial charge in [0.15, 0.2) is 11.1 Å². The van der Waals surface area contributed by atoms with Crippen LogP contribution in [0.15, 0.2) is 22.6 Å². The molecule has 1 amide bonds. The van der Waals surface area contributed by atoms with Gasteiger partial charge in [0.1, 0.15) is 5.76 Å². The summed E-state index contributed by atoms with van der Waals surface area (Å²) in [5.41, 5.74) is -2.54. The topological polar surface area (TPSA) is 131 Å². The lowest BCUT2D eigenvalue weighted by Gasteiger charge is -2.19. The molecule has 8 heteroatoms. The van der Waals surface area contributed by atoms with Crippen LogP contribution in [0.4, 0.5) is 0 Å². The first kappa shape index (κ1) is 21.6. The van der Waals surface area contributed by atoms with Crippen LogP contribution in [0, 0.1) is 22.7 Å². The maximum atomic E-state index is 11.7. The van der Waals surface area contributed by atoms with Crippen molar-refractivity contribution in [2.75, 3.05) is 6.54 Å². The fourth-order valence-corrected chi connectivity index (χ4v) is 1.71. The van der Waals surface area contributed by atoms with Crippen molar-refractivity contribution in [3.63, 3.8) is 0 Å². The van der Waals surface area contributed by atoms with Gasteiger partial charge < -0.3 is 10.2 Å². The third-order valence-electron chi connectivity index (χ3n) is 3.33. The summed E-state index contributed by atoms with van der Waals surface area (Å²) < 4.78 is 0. The van der Waals surface area contributed by atoms with Crippen molar-refractivity contribution in [2.45, 2.75) is 64.0 Å². The van der Waals surface area contributed by atoms with Crippen molar-refractivity contribution in [3.05, 3.63) is 12.3 Å². The van der Waals surface area contributed by atoms with E-state index in [9.17, 15) is 15.3 Å². The van der Waals surface area contributed by atoms with E-state index < -0.39 is 11.1 Å². The summed E-state index contributed by atoms with van der Waals surface area (Å²) in [4.78, 5) is 15.7. The van der Waals surface area contributed by atoms with Gasteiger partial charge in [0.2, 0.25) is 5.91 Å². The van der Waals surface area contributed by atoms with Crippen molar-refractivity contribution in [2.24, 2.45) is 10.2 Å². The number of nitriles is 2. The van der Waals surface area contributed by atoms with E-state index in [1.165, 1.54) is 6.92 Å². The van der Waals surface area contributed by atoms with E-state index in [0.717, 1.165) is 12.8 Å². The molecule has 2 atom stereocenters. The molecular weight excluding hydrogens is 310 g/mol. The van der Waals surface area contributed by atoms with Gasteiger partial charge in [-0.2, -0.15) is 20.8 Å². The smallest absolute Gasteiger partial charge is 0.220 e. The maximum absolute atomic E-state index is 11.7. The van der Waals surface area contributed by atoms with Crippen LogP contribution in [0.2, 0.25) is 0 Å². The summed E-state index contributed by atoms with van der Waals surface area (Å²) in [6.45, 7) is 9.09. The summed E-state index contributed by atoms with van der Waals surface area (Å²) in [6, 6.07) is 3.95. The van der Waals surface area contributed by atoms with Gasteiger partial charge in [-0.3, -0.25) is 4.79 Å². The SMILES string of the molecule is C=C(CC(C)(C#N)N=NC(C)(C#N)CCC(=O)NCCCC)OO. The Morgan fingerprint density at radius 1 is 1.29 bits per heavy atom. The monoisotopic (exact) mass is 335 g/mol. The number of hydrogen-bond donors (Lipinski definition) is 2. The fourth-order valence-electron chi connectivity index (χ4n) is 1.71. The summed E-state index contributed by atoms with van der Waals surface area (Å²) in [6.07, 6.45) is 2.15. The number of carbonyl (C=O) groups is 1. The third-order valence-corrected chi connectivity index (χ3v) is 3.33. The Bertz CT molecular complexity index is 549. The molecule has 0 aromatic heterocycles. The molecule has 0 spiro atoms. The van der Waals surface area contributed by atoms with Crippen molar-refractivity contribution in [1.29, 1.82) is 10.5 Å². The second-order valence-electron chi connectivity index (χ2n) is 5.98. The van der Waals surface area contributed by atoms with Crippen LogP contribution in [-0.2, 0) is 9.68 Å². The van der Waals surface area contributed by atoms with E-state index in [4.69, 9.17) is 5.26 Å². The molecule has 0 bridgehead atoms. The minimum atomic E-state index is -1.32. The average Bonchev–Trinajstić information content (AvgIpc) is 2.58. The van der Waals surface area contributed by atoms with E-state index >= 15 is 0 Å². The molecule has 132 valence electrons. The molecule has 0 saturated heterocycles. The second-order valence-corrected chi connectivity index (χ2v) is 5.98. The van der Waals surface area contributed by atoms with Crippen LogP contribution >= 0.6 is 0 Å². The molecule has 24 heavy (non-hydrogen) atoms. The van der Waals surface area contributed by atoms with Crippen LogP contribution in [0.3, 0.4) is 0 Å². The van der Waals surface area contributed by atoms with E-state index in [-0.39, 0.29) is 30.9 Å². The second kappa shape index (κ2) is 10.3. The summed E-state index contributed by atoms with van der Waals surface area (Å²) >= 11 is 0. The van der Waals surface area contributed by atoms with Crippen LogP contribution in [0.25, 0.3) is 0 Å². The summed E-state index contributed by atoms with van der Waals surface area (Å²) in [7, 11) is 0. The van der Waals surface area contributed by atoms with Crippen molar-refractivity contribution >= 4 is 5.91 Å². The molecular formula is C16H25N5O3. The highest BCUT2D eigenvalue weighted by atomic mass is 17.1. The molecule has 0 fully saturated rings. The van der Waals surface area contributed by atoms with E-state index in [2.05, 4.69) is 27.0 Å². The van der Waals surface area contributed by atoms with Crippen LogP contribution < -0.4 is 5.32 Å². The number of nitrogens with one attached hydrogen (secondary N) is 1. The standard InChI is InChI=1S/C16H25N5O3/c1-5-6-9-19-14(22)7-8-15(3,11-17)20-21-16(4,12-18)10-13(2)24-23/h23H,2,5-10H2,1,3-4H3,(H,19,22). The number of carbonyl (C=O) groups excluding carboxylic acids is 1. The number of azo groups is 1. The van der Waals surface area contributed by atoms with E-state index in [1.54, 1.807) is 6.92 Å². The predicted molar refractivity (Wildman–Crippen MR) is 87.5 cm³/mol. The highest BCUT2D eigenvalue weighted by Gasteiger charge is 2.30. The molecule has 0 radical (unpaired) electrons. The molecule has 0 heterocycles. The zero-order valence-electron chi connectivity index (χ0n) is 14.5. The maximum Gasteiger partial charge on any atom is 0.220 e. The first-order chi connectivity index (χ1) is 11.2. The number of rotatable bonds is 11. The van der Waals surface area contributed by atoms with Gasteiger partial charge in [-0.05, 0) is 26.7 Å². The Morgan fingerprint density at radius 2 is 1.88 bits per heavy atom. The fraction of sp³-hybridized carbons (Fsp3) is 0.688. The lowest BCUT2D eigenvalue weighted by atomic mass is 9.98. The average molecular weight is 335 g/mol. The summed E-state index contributed by atoms with van der Waals surface area (Å²) in [5, 5.41) is 37.7. The van der Waals surface area contributed by atoms with Gasteiger partial charge in [0, 0.05) is 19.4 Å². The first-order valence-corrected chi connectivity index (χ1v) is 7.76. The molecule has 8 nitrogen and oxygen atoms in total. The highest BCUT2D eigenvalue weighted by molar-refractivity contribution is 5.75. The lowest BCUT2D eigenvalue weighted by molar-refractivity contribution is -0.206. The number of nitrogens with zero attached hydrogens (tertiary/aromatic N) is 4. The number of hydrogen-bond acceptors (Lipinski definition) is 7. The number of amides is 1. The molecule has 0 aliphatic heterocycles. The van der Waals surface area contributed by atoms with Gasteiger partial charge in [0.25, 0.3) is 0 Å². The first-order valence-electron chi connectivity index (χ1n) is 7.76. The minimum Gasteiger partial charge on any atom is -0.356 e. The largest absolute Gasteiger partial charge is 0.356 e. The van der Waals surface area contributed by atoms with Gasteiger partial charge in [-0.1, -0.05) is 19.9 Å². The molecule has 0 aliphatic rings. The molecule has 0 aromatic carbocycles. The summed E-state index contributed by atoms with van der Waals surface area (Å²) in [5.74, 6) is -0.183. The normalized spacial score (nSPS) is 15.6. The molecule has 0 saturated carbocycles. The molecule has 2 unspecified atom stereocenters. The zero-order valence-corrected chi connectivity index (χ0v) is 14.5. The Hall–Kier alpha value is -2.45. The third kappa shape index (κ3) is 8.25. The van der Waals surface area contributed by atoms with Crippen molar-refractivity contribution in [3.8, 4) is 12.1 Å². The van der Waals surface area contributed by atoms with Gasteiger partial charge >= 0.3 is 0 Å². The van der Waals surface area contributed by atoms with Gasteiger partial charge in [-0.15, -0.1) is 0 Å².